The first kappa shape index (κ1) is 22.8. The number of nitrogens with zero attached hydrogens (tertiary/aromatic N) is 1. The van der Waals surface area contributed by atoms with Gasteiger partial charge in [0.2, 0.25) is 0 Å². The van der Waals surface area contributed by atoms with Gasteiger partial charge in [0.25, 0.3) is 5.91 Å². The zero-order valence-electron chi connectivity index (χ0n) is 17.6. The van der Waals surface area contributed by atoms with Crippen molar-refractivity contribution in [2.45, 2.75) is 46.3 Å². The first-order chi connectivity index (χ1) is 13.5. The molecule has 156 valence electrons. The molecule has 0 saturated carbocycles. The summed E-state index contributed by atoms with van der Waals surface area (Å²) < 4.78 is 27.7. The summed E-state index contributed by atoms with van der Waals surface area (Å²) in [4.78, 5) is 14.1. The molecule has 29 heavy (non-hydrogen) atoms. The third-order valence-corrected chi connectivity index (χ3v) is 4.24. The zero-order chi connectivity index (χ0) is 21.8. The van der Waals surface area contributed by atoms with Gasteiger partial charge in [-0.1, -0.05) is 57.2 Å². The molecule has 0 saturated heterocycles. The maximum absolute atomic E-state index is 14.2. The van der Waals surface area contributed by atoms with E-state index in [-0.39, 0.29) is 12.1 Å². The third kappa shape index (κ3) is 5.97. The van der Waals surface area contributed by atoms with E-state index in [1.54, 1.807) is 6.08 Å². The molecule has 1 aliphatic heterocycles. The summed E-state index contributed by atoms with van der Waals surface area (Å²) in [6.07, 6.45) is 1.75. The lowest BCUT2D eigenvalue weighted by Gasteiger charge is -2.30. The van der Waals surface area contributed by atoms with Crippen LogP contribution in [0.3, 0.4) is 0 Å². The number of rotatable bonds is 3. The summed E-state index contributed by atoms with van der Waals surface area (Å²) in [5.41, 5.74) is -0.0704. The van der Waals surface area contributed by atoms with Crippen LogP contribution in [0.15, 0.2) is 54.6 Å². The molecule has 2 aromatic carbocycles. The lowest BCUT2D eigenvalue weighted by molar-refractivity contribution is -0.148. The van der Waals surface area contributed by atoms with Crippen molar-refractivity contribution in [2.24, 2.45) is 5.92 Å². The van der Waals surface area contributed by atoms with Crippen molar-refractivity contribution in [2.75, 3.05) is 6.54 Å². The van der Waals surface area contributed by atoms with Crippen molar-refractivity contribution < 1.29 is 18.7 Å². The molecule has 3 rings (SSSR count). The second kappa shape index (κ2) is 9.31. The van der Waals surface area contributed by atoms with Crippen molar-refractivity contribution in [1.29, 1.82) is 0 Å². The topological polar surface area (TPSA) is 40.5 Å². The molecule has 3 nitrogen and oxygen atoms in total. The number of aliphatic hydroxyl groups is 1. The minimum atomic E-state index is -1.56. The average molecular weight is 401 g/mol. The predicted octanol–water partition coefficient (Wildman–Crippen LogP) is 5.36. The van der Waals surface area contributed by atoms with E-state index >= 15 is 0 Å². The molecule has 1 heterocycles. The molecule has 0 fully saturated rings. The van der Waals surface area contributed by atoms with Crippen LogP contribution in [-0.4, -0.2) is 28.1 Å². The molecule has 1 aliphatic rings. The van der Waals surface area contributed by atoms with Gasteiger partial charge >= 0.3 is 0 Å². The van der Waals surface area contributed by atoms with Crippen molar-refractivity contribution in [3.63, 3.8) is 0 Å². The molecule has 0 bridgehead atoms. The predicted molar refractivity (Wildman–Crippen MR) is 112 cm³/mol. The average Bonchev–Trinajstić information content (AvgIpc) is 3.07. The Hall–Kier alpha value is -2.53. The van der Waals surface area contributed by atoms with Crippen LogP contribution in [0.4, 0.5) is 8.78 Å². The highest BCUT2D eigenvalue weighted by Gasteiger charge is 2.37. The van der Waals surface area contributed by atoms with E-state index in [9.17, 15) is 18.7 Å². The van der Waals surface area contributed by atoms with Gasteiger partial charge in [-0.3, -0.25) is 4.79 Å². The second-order valence-corrected chi connectivity index (χ2v) is 8.40. The summed E-state index contributed by atoms with van der Waals surface area (Å²) in [6.45, 7) is 9.43. The van der Waals surface area contributed by atoms with Crippen molar-refractivity contribution in [3.8, 4) is 0 Å². The van der Waals surface area contributed by atoms with Crippen LogP contribution in [0, 0.1) is 17.6 Å². The van der Waals surface area contributed by atoms with Crippen LogP contribution < -0.4 is 0 Å². The van der Waals surface area contributed by atoms with Crippen LogP contribution in [0.2, 0.25) is 0 Å². The number of benzene rings is 2. The normalized spacial score (nSPS) is 16.4. The fraction of sp³-hybridized carbons (Fsp3) is 0.375. The van der Waals surface area contributed by atoms with E-state index in [1.165, 1.54) is 18.7 Å². The van der Waals surface area contributed by atoms with Crippen LogP contribution in [0.1, 0.15) is 51.8 Å². The van der Waals surface area contributed by atoms with E-state index in [4.69, 9.17) is 0 Å². The molecular weight excluding hydrogens is 372 g/mol. The van der Waals surface area contributed by atoms with Gasteiger partial charge in [-0.15, -0.1) is 0 Å². The van der Waals surface area contributed by atoms with E-state index in [1.807, 2.05) is 30.3 Å². The third-order valence-electron chi connectivity index (χ3n) is 4.24. The summed E-state index contributed by atoms with van der Waals surface area (Å²) in [6, 6.07) is 12.1. The molecule has 2 aromatic rings. The SMILES string of the molecule is CC(C)(O)C(=O)N1CC(c2cc(F)ccc2F)=CC1c1ccccc1.CC(C)C. The lowest BCUT2D eigenvalue weighted by Crippen LogP contribution is -2.45. The second-order valence-electron chi connectivity index (χ2n) is 8.40. The number of halogens is 2. The summed E-state index contributed by atoms with van der Waals surface area (Å²) in [5.74, 6) is -0.720. The van der Waals surface area contributed by atoms with Gasteiger partial charge in [-0.05, 0) is 49.1 Å². The van der Waals surface area contributed by atoms with Crippen LogP contribution in [0.25, 0.3) is 5.57 Å². The van der Waals surface area contributed by atoms with Crippen LogP contribution in [-0.2, 0) is 4.79 Å². The van der Waals surface area contributed by atoms with Gasteiger partial charge < -0.3 is 10.0 Å². The molecule has 0 aromatic heterocycles. The van der Waals surface area contributed by atoms with E-state index < -0.39 is 29.2 Å². The minimum Gasteiger partial charge on any atom is -0.381 e. The molecule has 1 unspecified atom stereocenters. The summed E-state index contributed by atoms with van der Waals surface area (Å²) in [7, 11) is 0. The van der Waals surface area contributed by atoms with Gasteiger partial charge in [0.1, 0.15) is 17.2 Å². The van der Waals surface area contributed by atoms with Gasteiger partial charge in [-0.25, -0.2) is 8.78 Å². The highest BCUT2D eigenvalue weighted by molar-refractivity contribution is 5.88. The number of carbonyl (C=O) groups is 1. The van der Waals surface area contributed by atoms with Gasteiger partial charge in [-0.2, -0.15) is 0 Å². The fourth-order valence-electron chi connectivity index (χ4n) is 3.01. The number of hydrogen-bond acceptors (Lipinski definition) is 2. The molecule has 1 atom stereocenters. The first-order valence-corrected chi connectivity index (χ1v) is 9.75. The molecule has 5 heteroatoms. The van der Waals surface area contributed by atoms with Gasteiger partial charge in [0.15, 0.2) is 0 Å². The molecule has 0 radical (unpaired) electrons. The molecular formula is C24H29F2NO2. The summed E-state index contributed by atoms with van der Waals surface area (Å²) >= 11 is 0. The Morgan fingerprint density at radius 3 is 2.24 bits per heavy atom. The summed E-state index contributed by atoms with van der Waals surface area (Å²) in [5, 5.41) is 10.1. The maximum atomic E-state index is 14.2. The molecule has 1 N–H and O–H groups in total. The Balaban J connectivity index is 0.000000687. The van der Waals surface area contributed by atoms with Crippen molar-refractivity contribution >= 4 is 11.5 Å². The largest absolute Gasteiger partial charge is 0.381 e. The standard InChI is InChI=1S/C20H19F2NO2.C4H10/c1-20(2,25)19(24)23-12-14(16-11-15(21)8-9-17(16)22)10-18(23)13-6-4-3-5-7-13;1-4(2)3/h3-11,18,25H,12H2,1-2H3;4H,1-3H3. The Morgan fingerprint density at radius 1 is 1.10 bits per heavy atom. The Labute approximate surface area is 171 Å². The number of hydrogen-bond donors (Lipinski definition) is 1. The van der Waals surface area contributed by atoms with E-state index in [0.29, 0.717) is 5.57 Å². The van der Waals surface area contributed by atoms with Gasteiger partial charge in [0, 0.05) is 12.1 Å². The Bertz CT molecular complexity index is 867. The molecule has 0 aliphatic carbocycles. The lowest BCUT2D eigenvalue weighted by atomic mass is 10.0. The quantitative estimate of drug-likeness (QED) is 0.752. The van der Waals surface area contributed by atoms with E-state index in [2.05, 4.69) is 20.8 Å². The monoisotopic (exact) mass is 401 g/mol. The maximum Gasteiger partial charge on any atom is 0.255 e. The highest BCUT2D eigenvalue weighted by Crippen LogP contribution is 2.36. The van der Waals surface area contributed by atoms with Crippen LogP contribution >= 0.6 is 0 Å². The molecule has 0 spiro atoms. The minimum absolute atomic E-state index is 0.1000. The number of carbonyl (C=O) groups excluding carboxylic acids is 1. The Kier molecular flexibility index (Phi) is 7.31. The zero-order valence-corrected chi connectivity index (χ0v) is 17.6. The fourth-order valence-corrected chi connectivity index (χ4v) is 3.01. The van der Waals surface area contributed by atoms with Crippen molar-refractivity contribution in [3.05, 3.63) is 77.4 Å². The molecule has 1 amide bonds. The Morgan fingerprint density at radius 2 is 1.69 bits per heavy atom. The smallest absolute Gasteiger partial charge is 0.255 e. The van der Waals surface area contributed by atoms with Crippen LogP contribution in [0.5, 0.6) is 0 Å². The van der Waals surface area contributed by atoms with E-state index in [0.717, 1.165) is 29.7 Å². The van der Waals surface area contributed by atoms with Gasteiger partial charge in [0.05, 0.1) is 6.04 Å². The first-order valence-electron chi connectivity index (χ1n) is 9.75. The number of amides is 1. The van der Waals surface area contributed by atoms with Crippen molar-refractivity contribution in [1.82, 2.24) is 4.90 Å². The highest BCUT2D eigenvalue weighted by atomic mass is 19.1.